The van der Waals surface area contributed by atoms with Gasteiger partial charge in [-0.3, -0.25) is 9.59 Å². The Hall–Kier alpha value is -3.35. The van der Waals surface area contributed by atoms with Crippen LogP contribution in [0.15, 0.2) is 48.5 Å². The lowest BCUT2D eigenvalue weighted by Crippen LogP contribution is -2.30. The number of rotatable bonds is 7. The Morgan fingerprint density at radius 3 is 2.78 bits per heavy atom. The maximum absolute atomic E-state index is 12.1. The summed E-state index contributed by atoms with van der Waals surface area (Å²) in [7, 11) is 0. The SMILES string of the molecule is O=C(COC(=O)c1ccc2c(c1)OCC(=O)N2)NCCCc1ccccc1. The first-order valence-corrected chi connectivity index (χ1v) is 8.66. The van der Waals surface area contributed by atoms with Crippen molar-refractivity contribution in [3.05, 3.63) is 59.7 Å². The molecule has 140 valence electrons. The molecule has 0 unspecified atom stereocenters. The van der Waals surface area contributed by atoms with Crippen LogP contribution in [0.2, 0.25) is 0 Å². The van der Waals surface area contributed by atoms with Crippen molar-refractivity contribution >= 4 is 23.5 Å². The van der Waals surface area contributed by atoms with Gasteiger partial charge in [0.1, 0.15) is 5.75 Å². The second-order valence-corrected chi connectivity index (χ2v) is 6.06. The highest BCUT2D eigenvalue weighted by Crippen LogP contribution is 2.28. The number of carbonyl (C=O) groups excluding carboxylic acids is 3. The average molecular weight is 368 g/mol. The third-order valence-corrected chi connectivity index (χ3v) is 3.99. The Morgan fingerprint density at radius 1 is 1.15 bits per heavy atom. The number of nitrogens with one attached hydrogen (secondary N) is 2. The number of fused-ring (bicyclic) bond motifs is 1. The van der Waals surface area contributed by atoms with Gasteiger partial charge in [0.05, 0.1) is 11.3 Å². The molecule has 0 spiro atoms. The number of aryl methyl sites for hydroxylation is 1. The van der Waals surface area contributed by atoms with E-state index in [0.717, 1.165) is 12.8 Å². The average Bonchev–Trinajstić information content (AvgIpc) is 2.69. The zero-order valence-corrected chi connectivity index (χ0v) is 14.7. The first-order chi connectivity index (χ1) is 13.1. The van der Waals surface area contributed by atoms with Crippen LogP contribution < -0.4 is 15.4 Å². The van der Waals surface area contributed by atoms with E-state index in [0.29, 0.717) is 18.0 Å². The lowest BCUT2D eigenvalue weighted by Gasteiger charge is -2.18. The number of hydrogen-bond acceptors (Lipinski definition) is 5. The van der Waals surface area contributed by atoms with Gasteiger partial charge < -0.3 is 20.1 Å². The molecular formula is C20H20N2O5. The molecule has 2 aromatic rings. The quantitative estimate of drug-likeness (QED) is 0.575. The Kier molecular flexibility index (Phi) is 6.04. The molecule has 1 heterocycles. The number of esters is 1. The molecule has 0 aliphatic carbocycles. The number of anilines is 1. The first kappa shape index (κ1) is 18.4. The second-order valence-electron chi connectivity index (χ2n) is 6.06. The van der Waals surface area contributed by atoms with Crippen LogP contribution in [0.5, 0.6) is 5.75 Å². The minimum atomic E-state index is -0.627. The minimum Gasteiger partial charge on any atom is -0.482 e. The fraction of sp³-hybridized carbons (Fsp3) is 0.250. The summed E-state index contributed by atoms with van der Waals surface area (Å²) < 4.78 is 10.3. The molecular weight excluding hydrogens is 348 g/mol. The normalized spacial score (nSPS) is 12.4. The second kappa shape index (κ2) is 8.84. The van der Waals surface area contributed by atoms with Gasteiger partial charge in [-0.1, -0.05) is 30.3 Å². The van der Waals surface area contributed by atoms with E-state index in [1.54, 1.807) is 6.07 Å². The van der Waals surface area contributed by atoms with E-state index in [2.05, 4.69) is 10.6 Å². The maximum Gasteiger partial charge on any atom is 0.338 e. The molecule has 0 fully saturated rings. The third-order valence-electron chi connectivity index (χ3n) is 3.99. The predicted octanol–water partition coefficient (Wildman–Crippen LogP) is 1.92. The molecule has 0 saturated heterocycles. The Morgan fingerprint density at radius 2 is 1.96 bits per heavy atom. The Bertz CT molecular complexity index is 836. The molecule has 2 N–H and O–H groups in total. The van der Waals surface area contributed by atoms with Gasteiger partial charge in [0.2, 0.25) is 0 Å². The lowest BCUT2D eigenvalue weighted by atomic mass is 10.1. The number of hydrogen-bond donors (Lipinski definition) is 2. The number of carbonyl (C=O) groups is 3. The van der Waals surface area contributed by atoms with E-state index >= 15 is 0 Å². The van der Waals surface area contributed by atoms with Crippen molar-refractivity contribution in [1.29, 1.82) is 0 Å². The monoisotopic (exact) mass is 368 g/mol. The zero-order valence-electron chi connectivity index (χ0n) is 14.7. The smallest absolute Gasteiger partial charge is 0.338 e. The third kappa shape index (κ3) is 5.31. The Balaban J connectivity index is 1.39. The number of amides is 2. The van der Waals surface area contributed by atoms with E-state index < -0.39 is 5.97 Å². The van der Waals surface area contributed by atoms with Crippen molar-refractivity contribution in [2.45, 2.75) is 12.8 Å². The van der Waals surface area contributed by atoms with Gasteiger partial charge in [-0.05, 0) is 36.6 Å². The summed E-state index contributed by atoms with van der Waals surface area (Å²) in [6, 6.07) is 14.6. The van der Waals surface area contributed by atoms with Crippen LogP contribution in [-0.2, 0) is 20.7 Å². The highest BCUT2D eigenvalue weighted by atomic mass is 16.5. The largest absolute Gasteiger partial charge is 0.482 e. The van der Waals surface area contributed by atoms with Crippen molar-refractivity contribution in [2.75, 3.05) is 25.1 Å². The zero-order chi connectivity index (χ0) is 19.1. The van der Waals surface area contributed by atoms with Gasteiger partial charge in [0.15, 0.2) is 13.2 Å². The molecule has 3 rings (SSSR count). The molecule has 1 aliphatic rings. The molecule has 2 amide bonds. The van der Waals surface area contributed by atoms with E-state index in [1.165, 1.54) is 17.7 Å². The van der Waals surface area contributed by atoms with E-state index in [9.17, 15) is 14.4 Å². The molecule has 27 heavy (non-hydrogen) atoms. The van der Waals surface area contributed by atoms with E-state index in [4.69, 9.17) is 9.47 Å². The topological polar surface area (TPSA) is 93.7 Å². The fourth-order valence-corrected chi connectivity index (χ4v) is 2.63. The summed E-state index contributed by atoms with van der Waals surface area (Å²) in [5.41, 5.74) is 1.96. The van der Waals surface area contributed by atoms with Gasteiger partial charge in [0, 0.05) is 6.54 Å². The summed E-state index contributed by atoms with van der Waals surface area (Å²) in [6.07, 6.45) is 1.67. The summed E-state index contributed by atoms with van der Waals surface area (Å²) in [5.74, 6) is -0.827. The predicted molar refractivity (Wildman–Crippen MR) is 98.6 cm³/mol. The molecule has 0 aromatic heterocycles. The van der Waals surface area contributed by atoms with Crippen LogP contribution in [0, 0.1) is 0 Å². The number of benzene rings is 2. The molecule has 7 heteroatoms. The lowest BCUT2D eigenvalue weighted by molar-refractivity contribution is -0.124. The molecule has 0 bridgehead atoms. The molecule has 1 aliphatic heterocycles. The highest BCUT2D eigenvalue weighted by Gasteiger charge is 2.18. The van der Waals surface area contributed by atoms with Crippen molar-refractivity contribution in [3.63, 3.8) is 0 Å². The van der Waals surface area contributed by atoms with Crippen LogP contribution in [0.3, 0.4) is 0 Å². The summed E-state index contributed by atoms with van der Waals surface area (Å²) in [5, 5.41) is 5.36. The van der Waals surface area contributed by atoms with Crippen molar-refractivity contribution < 1.29 is 23.9 Å². The van der Waals surface area contributed by atoms with Crippen molar-refractivity contribution in [1.82, 2.24) is 5.32 Å². The molecule has 7 nitrogen and oxygen atoms in total. The van der Waals surface area contributed by atoms with Crippen molar-refractivity contribution in [2.24, 2.45) is 0 Å². The van der Waals surface area contributed by atoms with Crippen LogP contribution in [0.1, 0.15) is 22.3 Å². The van der Waals surface area contributed by atoms with Gasteiger partial charge in [-0.25, -0.2) is 4.79 Å². The highest BCUT2D eigenvalue weighted by molar-refractivity contribution is 5.97. The van der Waals surface area contributed by atoms with Gasteiger partial charge in [-0.15, -0.1) is 0 Å². The van der Waals surface area contributed by atoms with Crippen LogP contribution >= 0.6 is 0 Å². The summed E-state index contributed by atoms with van der Waals surface area (Å²) >= 11 is 0. The number of ether oxygens (including phenoxy) is 2. The van der Waals surface area contributed by atoms with Gasteiger partial charge in [-0.2, -0.15) is 0 Å². The first-order valence-electron chi connectivity index (χ1n) is 8.66. The molecule has 0 radical (unpaired) electrons. The minimum absolute atomic E-state index is 0.100. The Labute approximate surface area is 156 Å². The fourth-order valence-electron chi connectivity index (χ4n) is 2.63. The summed E-state index contributed by atoms with van der Waals surface area (Å²) in [4.78, 5) is 35.1. The van der Waals surface area contributed by atoms with Gasteiger partial charge >= 0.3 is 5.97 Å². The molecule has 0 saturated carbocycles. The molecule has 0 atom stereocenters. The van der Waals surface area contributed by atoms with Crippen molar-refractivity contribution in [3.8, 4) is 5.75 Å². The van der Waals surface area contributed by atoms with E-state index in [-0.39, 0.29) is 30.6 Å². The van der Waals surface area contributed by atoms with E-state index in [1.807, 2.05) is 30.3 Å². The van der Waals surface area contributed by atoms with Crippen LogP contribution in [-0.4, -0.2) is 37.5 Å². The molecule has 2 aromatic carbocycles. The standard InChI is InChI=1S/C20H20N2O5/c23-18(21-10-4-7-14-5-2-1-3-6-14)12-27-20(25)15-8-9-16-17(11-15)26-13-19(24)22-16/h1-3,5-6,8-9,11H,4,7,10,12-13H2,(H,21,23)(H,22,24). The summed E-state index contributed by atoms with van der Waals surface area (Å²) in [6.45, 7) is 0.0629. The van der Waals surface area contributed by atoms with Crippen LogP contribution in [0.25, 0.3) is 0 Å². The van der Waals surface area contributed by atoms with Crippen LogP contribution in [0.4, 0.5) is 5.69 Å². The van der Waals surface area contributed by atoms with Gasteiger partial charge in [0.25, 0.3) is 11.8 Å². The maximum atomic E-state index is 12.1.